The number of hydrogen-bond donors (Lipinski definition) is 0. The molecule has 0 aromatic heterocycles. The molecule has 10 heteroatoms. The van der Waals surface area contributed by atoms with Crippen molar-refractivity contribution in [2.24, 2.45) is 10.9 Å². The van der Waals surface area contributed by atoms with Gasteiger partial charge in [-0.2, -0.15) is 0 Å². The number of allylic oxidation sites excluding steroid dienone is 1. The molecule has 1 fully saturated rings. The lowest BCUT2D eigenvalue weighted by Gasteiger charge is -2.37. The molecule has 1 saturated heterocycles. The lowest BCUT2D eigenvalue weighted by atomic mass is 9.93. The van der Waals surface area contributed by atoms with E-state index in [-0.39, 0.29) is 30.8 Å². The summed E-state index contributed by atoms with van der Waals surface area (Å²) in [5.74, 6) is -1.18. The van der Waals surface area contributed by atoms with Crippen LogP contribution in [0.2, 0.25) is 5.02 Å². The molecule has 0 radical (unpaired) electrons. The van der Waals surface area contributed by atoms with Crippen LogP contribution in [0.4, 0.5) is 0 Å². The Morgan fingerprint density at radius 1 is 1.27 bits per heavy atom. The van der Waals surface area contributed by atoms with E-state index in [1.54, 1.807) is 24.8 Å². The van der Waals surface area contributed by atoms with Crippen molar-refractivity contribution in [2.45, 2.75) is 39.2 Å². The van der Waals surface area contributed by atoms with Crippen LogP contribution in [0.1, 0.15) is 44.7 Å². The Balaban J connectivity index is 1.61. The summed E-state index contributed by atoms with van der Waals surface area (Å²) in [6.45, 7) is 8.47. The van der Waals surface area contributed by atoms with Gasteiger partial charge in [-0.25, -0.2) is 9.79 Å². The molecule has 3 aliphatic rings. The average Bonchev–Trinajstić information content (AvgIpc) is 3.28. The van der Waals surface area contributed by atoms with Crippen molar-refractivity contribution >= 4 is 46.4 Å². The van der Waals surface area contributed by atoms with Gasteiger partial charge in [0.2, 0.25) is 5.91 Å². The van der Waals surface area contributed by atoms with E-state index in [0.29, 0.717) is 58.8 Å². The van der Waals surface area contributed by atoms with Gasteiger partial charge in [0.1, 0.15) is 6.61 Å². The molecule has 0 unspecified atom stereocenters. The van der Waals surface area contributed by atoms with E-state index in [0.717, 1.165) is 6.42 Å². The SMILES string of the molecule is C=CCOC(=O)C1=C(C)N=C2SC=C(CC(=O)N3CCC[C@H](C(=O)OCC)C3)N2[C@@H]1c1ccccc1Cl. The second kappa shape index (κ2) is 12.0. The van der Waals surface area contributed by atoms with E-state index in [1.807, 2.05) is 28.5 Å². The number of halogens is 1. The molecule has 0 bridgehead atoms. The van der Waals surface area contributed by atoms with Gasteiger partial charge in [0.15, 0.2) is 5.17 Å². The zero-order chi connectivity index (χ0) is 26.5. The molecule has 0 N–H and O–H groups in total. The zero-order valence-corrected chi connectivity index (χ0v) is 22.5. The number of carbonyl (C=O) groups excluding carboxylic acids is 3. The Morgan fingerprint density at radius 3 is 2.78 bits per heavy atom. The first-order chi connectivity index (χ1) is 17.8. The molecule has 0 aliphatic carbocycles. The second-order valence-corrected chi connectivity index (χ2v) is 10.2. The fraction of sp³-hybridized carbons (Fsp3) is 0.407. The van der Waals surface area contributed by atoms with E-state index in [1.165, 1.54) is 17.8 Å². The number of aliphatic imine (C=N–C) groups is 1. The maximum atomic E-state index is 13.4. The number of benzene rings is 1. The smallest absolute Gasteiger partial charge is 0.338 e. The quantitative estimate of drug-likeness (QED) is 0.342. The molecule has 3 heterocycles. The van der Waals surface area contributed by atoms with Gasteiger partial charge in [-0.15, -0.1) is 0 Å². The molecule has 1 aromatic carbocycles. The third kappa shape index (κ3) is 5.78. The molecule has 196 valence electrons. The van der Waals surface area contributed by atoms with Crippen molar-refractivity contribution < 1.29 is 23.9 Å². The van der Waals surface area contributed by atoms with Crippen molar-refractivity contribution in [3.63, 3.8) is 0 Å². The molecular weight excluding hydrogens is 514 g/mol. The summed E-state index contributed by atoms with van der Waals surface area (Å²) in [4.78, 5) is 47.1. The first kappa shape index (κ1) is 27.0. The van der Waals surface area contributed by atoms with Gasteiger partial charge in [0.05, 0.1) is 36.3 Å². The van der Waals surface area contributed by atoms with Crippen molar-refractivity contribution in [1.82, 2.24) is 9.80 Å². The van der Waals surface area contributed by atoms with Crippen LogP contribution >= 0.6 is 23.4 Å². The predicted molar refractivity (Wildman–Crippen MR) is 144 cm³/mol. The first-order valence-corrected chi connectivity index (χ1v) is 13.5. The number of amides is 1. The van der Waals surface area contributed by atoms with Crippen LogP contribution in [0.25, 0.3) is 0 Å². The summed E-state index contributed by atoms with van der Waals surface area (Å²) >= 11 is 8.01. The minimum absolute atomic E-state index is 0.0634. The highest BCUT2D eigenvalue weighted by Crippen LogP contribution is 2.46. The number of hydrogen-bond acceptors (Lipinski definition) is 8. The fourth-order valence-electron chi connectivity index (χ4n) is 4.76. The van der Waals surface area contributed by atoms with Gasteiger partial charge in [-0.05, 0) is 43.7 Å². The third-order valence-electron chi connectivity index (χ3n) is 6.48. The second-order valence-electron chi connectivity index (χ2n) is 8.91. The van der Waals surface area contributed by atoms with Crippen LogP contribution in [-0.2, 0) is 23.9 Å². The topological polar surface area (TPSA) is 88.5 Å². The van der Waals surface area contributed by atoms with E-state index in [9.17, 15) is 14.4 Å². The van der Waals surface area contributed by atoms with Gasteiger partial charge in [-0.3, -0.25) is 9.59 Å². The summed E-state index contributed by atoms with van der Waals surface area (Å²) in [6, 6.07) is 6.70. The zero-order valence-electron chi connectivity index (χ0n) is 20.9. The average molecular weight is 544 g/mol. The van der Waals surface area contributed by atoms with Gasteiger partial charge in [-0.1, -0.05) is 54.2 Å². The summed E-state index contributed by atoms with van der Waals surface area (Å²) in [7, 11) is 0. The van der Waals surface area contributed by atoms with E-state index >= 15 is 0 Å². The fourth-order valence-corrected chi connectivity index (χ4v) is 5.96. The molecule has 0 saturated carbocycles. The predicted octanol–water partition coefficient (Wildman–Crippen LogP) is 4.84. The third-order valence-corrected chi connectivity index (χ3v) is 7.71. The normalized spacial score (nSPS) is 21.2. The lowest BCUT2D eigenvalue weighted by molar-refractivity contribution is -0.151. The number of thioether (sulfide) groups is 1. The van der Waals surface area contributed by atoms with Crippen molar-refractivity contribution in [2.75, 3.05) is 26.3 Å². The molecule has 3 aliphatic heterocycles. The highest BCUT2D eigenvalue weighted by Gasteiger charge is 2.42. The Kier molecular flexibility index (Phi) is 8.76. The molecule has 4 rings (SSSR count). The largest absolute Gasteiger partial charge is 0.466 e. The maximum Gasteiger partial charge on any atom is 0.338 e. The highest BCUT2D eigenvalue weighted by molar-refractivity contribution is 8.16. The molecule has 8 nitrogen and oxygen atoms in total. The summed E-state index contributed by atoms with van der Waals surface area (Å²) in [5.41, 5.74) is 2.31. The molecule has 37 heavy (non-hydrogen) atoms. The number of piperidine rings is 1. The molecule has 0 spiro atoms. The summed E-state index contributed by atoms with van der Waals surface area (Å²) in [5, 5.41) is 3.04. The van der Waals surface area contributed by atoms with E-state index in [4.69, 9.17) is 21.1 Å². The van der Waals surface area contributed by atoms with Gasteiger partial charge < -0.3 is 19.3 Å². The number of esters is 2. The van der Waals surface area contributed by atoms with Crippen LogP contribution in [0.3, 0.4) is 0 Å². The number of fused-ring (bicyclic) bond motifs is 1. The lowest BCUT2D eigenvalue weighted by Crippen LogP contribution is -2.44. The Labute approximate surface area is 226 Å². The standard InChI is InChI=1S/C27H30ClN3O5S/c1-4-13-36-26(34)23-17(3)29-27-31(24(23)20-10-6-7-11-21(20)28)19(16-37-27)14-22(32)30-12-8-9-18(15-30)25(33)35-5-2/h4,6-7,10-11,16,18,24H,1,5,8-9,12-15H2,2-3H3/t18-,24+/m0/s1. The monoisotopic (exact) mass is 543 g/mol. The van der Waals surface area contributed by atoms with Gasteiger partial charge in [0, 0.05) is 23.8 Å². The van der Waals surface area contributed by atoms with Crippen LogP contribution in [0, 0.1) is 5.92 Å². The Morgan fingerprint density at radius 2 is 2.05 bits per heavy atom. The van der Waals surface area contributed by atoms with E-state index in [2.05, 4.69) is 11.6 Å². The Hall–Kier alpha value is -3.04. The number of likely N-dealkylation sites (tertiary alicyclic amines) is 1. The molecule has 2 atom stereocenters. The summed E-state index contributed by atoms with van der Waals surface area (Å²) in [6.07, 6.45) is 3.05. The van der Waals surface area contributed by atoms with Crippen LogP contribution < -0.4 is 0 Å². The van der Waals surface area contributed by atoms with Crippen LogP contribution in [0.5, 0.6) is 0 Å². The minimum Gasteiger partial charge on any atom is -0.466 e. The number of rotatable bonds is 8. The van der Waals surface area contributed by atoms with Crippen molar-refractivity contribution in [3.8, 4) is 0 Å². The molecule has 1 amide bonds. The minimum atomic E-state index is -0.610. The van der Waals surface area contributed by atoms with E-state index < -0.39 is 12.0 Å². The number of carbonyl (C=O) groups is 3. The number of ether oxygens (including phenoxy) is 2. The van der Waals surface area contributed by atoms with Crippen LogP contribution in [-0.4, -0.2) is 59.1 Å². The van der Waals surface area contributed by atoms with Crippen molar-refractivity contribution in [3.05, 3.63) is 69.9 Å². The highest BCUT2D eigenvalue weighted by atomic mass is 35.5. The van der Waals surface area contributed by atoms with Gasteiger partial charge in [0.25, 0.3) is 0 Å². The number of nitrogens with zero attached hydrogens (tertiary/aromatic N) is 3. The van der Waals surface area contributed by atoms with Crippen molar-refractivity contribution in [1.29, 1.82) is 0 Å². The molecule has 1 aromatic rings. The van der Waals surface area contributed by atoms with Crippen LogP contribution in [0.15, 0.2) is 64.3 Å². The maximum absolute atomic E-state index is 13.4. The molecular formula is C27H30ClN3O5S. The first-order valence-electron chi connectivity index (χ1n) is 12.3. The van der Waals surface area contributed by atoms with Gasteiger partial charge >= 0.3 is 11.9 Å². The summed E-state index contributed by atoms with van der Waals surface area (Å²) < 4.78 is 10.6. The Bertz CT molecular complexity index is 1190. The number of amidine groups is 1.